The number of hydrogen-bond donors (Lipinski definition) is 1. The Morgan fingerprint density at radius 1 is 1.11 bits per heavy atom. The highest BCUT2D eigenvalue weighted by Gasteiger charge is 2.22. The van der Waals surface area contributed by atoms with E-state index in [1.165, 1.54) is 7.11 Å². The van der Waals surface area contributed by atoms with Crippen molar-refractivity contribution in [3.8, 4) is 28.5 Å². The van der Waals surface area contributed by atoms with E-state index in [1.807, 2.05) is 37.4 Å². The van der Waals surface area contributed by atoms with Gasteiger partial charge in [-0.05, 0) is 18.2 Å². The van der Waals surface area contributed by atoms with Crippen molar-refractivity contribution in [3.05, 3.63) is 54.1 Å². The maximum absolute atomic E-state index is 11.8. The molecule has 0 amide bonds. The summed E-state index contributed by atoms with van der Waals surface area (Å²) in [4.78, 5) is 19.6. The van der Waals surface area contributed by atoms with Gasteiger partial charge in [0.25, 0.3) is 0 Å². The van der Waals surface area contributed by atoms with E-state index < -0.39 is 5.97 Å². The molecule has 0 bridgehead atoms. The van der Waals surface area contributed by atoms with Crippen molar-refractivity contribution in [1.82, 2.24) is 19.7 Å². The number of aromatic nitrogens is 4. The van der Waals surface area contributed by atoms with E-state index >= 15 is 0 Å². The van der Waals surface area contributed by atoms with Crippen LogP contribution >= 0.6 is 0 Å². The van der Waals surface area contributed by atoms with E-state index in [-0.39, 0.29) is 0 Å². The summed E-state index contributed by atoms with van der Waals surface area (Å²) in [5.74, 6) is 0.856. The highest BCUT2D eigenvalue weighted by atomic mass is 16.5. The van der Waals surface area contributed by atoms with Crippen LogP contribution < -0.4 is 4.74 Å². The average molecular weight is 362 g/mol. The Labute approximate surface area is 155 Å². The fraction of sp³-hybridized carbons (Fsp3) is 0.150. The molecule has 0 saturated carbocycles. The average Bonchev–Trinajstić information content (AvgIpc) is 3.27. The molecule has 0 atom stereocenters. The Bertz CT molecular complexity index is 1130. The summed E-state index contributed by atoms with van der Waals surface area (Å²) < 4.78 is 12.2. The Balaban J connectivity index is 1.86. The lowest BCUT2D eigenvalue weighted by Gasteiger charge is -2.03. The standard InChI is InChI=1S/C20H18N4O3/c1-24-17(18(26-2)16(23-24)12-7-5-4-6-8-12)19-21-14-10-9-13(20(25)27-3)11-15(14)22-19/h4-11H,1-3H3,(H,21,22). The lowest BCUT2D eigenvalue weighted by molar-refractivity contribution is 0.0601. The number of methoxy groups -OCH3 is 2. The van der Waals surface area contributed by atoms with Crippen LogP contribution in [0.2, 0.25) is 0 Å². The number of carbonyl (C=O) groups is 1. The second-order valence-electron chi connectivity index (χ2n) is 6.03. The van der Waals surface area contributed by atoms with Crippen molar-refractivity contribution in [3.63, 3.8) is 0 Å². The second-order valence-corrected chi connectivity index (χ2v) is 6.03. The van der Waals surface area contributed by atoms with Crippen LogP contribution in [0.5, 0.6) is 5.75 Å². The number of ether oxygens (including phenoxy) is 2. The predicted octanol–water partition coefficient (Wildman–Crippen LogP) is 3.43. The van der Waals surface area contributed by atoms with Crippen LogP contribution in [-0.4, -0.2) is 39.9 Å². The first-order chi connectivity index (χ1) is 13.1. The minimum absolute atomic E-state index is 0.391. The van der Waals surface area contributed by atoms with Gasteiger partial charge in [-0.3, -0.25) is 4.68 Å². The number of imidazole rings is 1. The Morgan fingerprint density at radius 2 is 1.89 bits per heavy atom. The highest BCUT2D eigenvalue weighted by Crippen LogP contribution is 2.37. The van der Waals surface area contributed by atoms with Gasteiger partial charge in [0.2, 0.25) is 0 Å². The molecule has 0 spiro atoms. The van der Waals surface area contributed by atoms with Crippen molar-refractivity contribution in [2.75, 3.05) is 14.2 Å². The van der Waals surface area contributed by atoms with E-state index in [0.29, 0.717) is 17.1 Å². The molecule has 2 heterocycles. The van der Waals surface area contributed by atoms with Gasteiger partial charge in [-0.25, -0.2) is 9.78 Å². The summed E-state index contributed by atoms with van der Waals surface area (Å²) >= 11 is 0. The van der Waals surface area contributed by atoms with Gasteiger partial charge in [-0.1, -0.05) is 30.3 Å². The smallest absolute Gasteiger partial charge is 0.337 e. The number of benzene rings is 2. The SMILES string of the molecule is COC(=O)c1ccc2nc(-c3c(OC)c(-c4ccccc4)nn3C)[nH]c2c1. The normalized spacial score (nSPS) is 10.9. The monoisotopic (exact) mass is 362 g/mol. The lowest BCUT2D eigenvalue weighted by Crippen LogP contribution is -2.00. The maximum atomic E-state index is 11.8. The zero-order chi connectivity index (χ0) is 19.0. The molecular formula is C20H18N4O3. The Kier molecular flexibility index (Phi) is 4.12. The number of carbonyl (C=O) groups excluding carboxylic acids is 1. The van der Waals surface area contributed by atoms with Crippen LogP contribution in [0.25, 0.3) is 33.8 Å². The summed E-state index contributed by atoms with van der Waals surface area (Å²) in [7, 11) is 4.82. The third-order valence-electron chi connectivity index (χ3n) is 4.38. The van der Waals surface area contributed by atoms with E-state index in [4.69, 9.17) is 9.47 Å². The topological polar surface area (TPSA) is 82.0 Å². The molecule has 2 aromatic carbocycles. The molecule has 1 N–H and O–H groups in total. The fourth-order valence-electron chi connectivity index (χ4n) is 3.11. The Hall–Kier alpha value is -3.61. The zero-order valence-corrected chi connectivity index (χ0v) is 15.2. The molecule has 136 valence electrons. The van der Waals surface area contributed by atoms with Gasteiger partial charge in [0.15, 0.2) is 11.6 Å². The Morgan fingerprint density at radius 3 is 2.59 bits per heavy atom. The predicted molar refractivity (Wildman–Crippen MR) is 102 cm³/mol. The zero-order valence-electron chi connectivity index (χ0n) is 15.2. The molecule has 0 radical (unpaired) electrons. The van der Waals surface area contributed by atoms with Crippen molar-refractivity contribution in [2.24, 2.45) is 7.05 Å². The summed E-state index contributed by atoms with van der Waals surface area (Å²) in [6, 6.07) is 15.0. The first-order valence-corrected chi connectivity index (χ1v) is 8.37. The fourth-order valence-corrected chi connectivity index (χ4v) is 3.11. The highest BCUT2D eigenvalue weighted by molar-refractivity contribution is 5.94. The summed E-state index contributed by atoms with van der Waals surface area (Å²) in [5.41, 5.74) is 4.36. The minimum atomic E-state index is -0.391. The van der Waals surface area contributed by atoms with E-state index in [1.54, 1.807) is 30.0 Å². The van der Waals surface area contributed by atoms with Crippen LogP contribution in [0.15, 0.2) is 48.5 Å². The van der Waals surface area contributed by atoms with E-state index in [2.05, 4.69) is 15.1 Å². The molecule has 0 aliphatic heterocycles. The number of H-pyrrole nitrogens is 1. The molecule has 0 fully saturated rings. The molecular weight excluding hydrogens is 344 g/mol. The molecule has 27 heavy (non-hydrogen) atoms. The van der Waals surface area contributed by atoms with E-state index in [0.717, 1.165) is 28.0 Å². The van der Waals surface area contributed by atoms with Crippen LogP contribution in [0.4, 0.5) is 0 Å². The number of fused-ring (bicyclic) bond motifs is 1. The summed E-state index contributed by atoms with van der Waals surface area (Å²) in [5, 5.41) is 4.61. The van der Waals surface area contributed by atoms with Crippen LogP contribution in [-0.2, 0) is 11.8 Å². The second kappa shape index (κ2) is 6.60. The first-order valence-electron chi connectivity index (χ1n) is 8.37. The molecule has 0 aliphatic rings. The lowest BCUT2D eigenvalue weighted by atomic mass is 10.1. The number of nitrogens with one attached hydrogen (secondary N) is 1. The molecule has 4 rings (SSSR count). The van der Waals surface area contributed by atoms with Crippen molar-refractivity contribution in [2.45, 2.75) is 0 Å². The van der Waals surface area contributed by atoms with E-state index in [9.17, 15) is 4.79 Å². The van der Waals surface area contributed by atoms with Gasteiger partial charge >= 0.3 is 5.97 Å². The number of rotatable bonds is 4. The first kappa shape index (κ1) is 16.8. The summed E-state index contributed by atoms with van der Waals surface area (Å²) in [6.45, 7) is 0. The maximum Gasteiger partial charge on any atom is 0.337 e. The van der Waals surface area contributed by atoms with Crippen LogP contribution in [0, 0.1) is 0 Å². The van der Waals surface area contributed by atoms with Crippen molar-refractivity contribution in [1.29, 1.82) is 0 Å². The third-order valence-corrected chi connectivity index (χ3v) is 4.38. The number of hydrogen-bond acceptors (Lipinski definition) is 5. The van der Waals surface area contributed by atoms with Crippen molar-refractivity contribution < 1.29 is 14.3 Å². The molecule has 7 nitrogen and oxygen atoms in total. The number of aromatic amines is 1. The molecule has 0 aliphatic carbocycles. The quantitative estimate of drug-likeness (QED) is 0.563. The molecule has 2 aromatic heterocycles. The minimum Gasteiger partial charge on any atom is -0.492 e. The van der Waals surface area contributed by atoms with Gasteiger partial charge in [0, 0.05) is 12.6 Å². The largest absolute Gasteiger partial charge is 0.492 e. The summed E-state index contributed by atoms with van der Waals surface area (Å²) in [6.07, 6.45) is 0. The van der Waals surface area contributed by atoms with Gasteiger partial charge in [0.05, 0.1) is 30.8 Å². The van der Waals surface area contributed by atoms with Gasteiger partial charge < -0.3 is 14.5 Å². The van der Waals surface area contributed by atoms with Crippen LogP contribution in [0.3, 0.4) is 0 Å². The van der Waals surface area contributed by atoms with Gasteiger partial charge in [0.1, 0.15) is 11.4 Å². The molecule has 7 heteroatoms. The molecule has 4 aromatic rings. The number of aryl methyl sites for hydroxylation is 1. The van der Waals surface area contributed by atoms with Gasteiger partial charge in [-0.2, -0.15) is 5.10 Å². The van der Waals surface area contributed by atoms with Crippen molar-refractivity contribution >= 4 is 17.0 Å². The number of nitrogens with zero attached hydrogens (tertiary/aromatic N) is 3. The van der Waals surface area contributed by atoms with Crippen LogP contribution in [0.1, 0.15) is 10.4 Å². The molecule has 0 saturated heterocycles. The third kappa shape index (κ3) is 2.83. The molecule has 0 unspecified atom stereocenters. The van der Waals surface area contributed by atoms with Gasteiger partial charge in [-0.15, -0.1) is 0 Å². The number of esters is 1.